The van der Waals surface area contributed by atoms with E-state index < -0.39 is 11.9 Å². The molecule has 2 N–H and O–H groups in total. The summed E-state index contributed by atoms with van der Waals surface area (Å²) in [7, 11) is 0. The van der Waals surface area contributed by atoms with Crippen molar-refractivity contribution in [1.29, 1.82) is 0 Å². The highest BCUT2D eigenvalue weighted by Crippen LogP contribution is 2.51. The highest BCUT2D eigenvalue weighted by molar-refractivity contribution is 5.85. The van der Waals surface area contributed by atoms with E-state index in [2.05, 4.69) is 26.1 Å². The molecule has 4 nitrogen and oxygen atoms in total. The summed E-state index contributed by atoms with van der Waals surface area (Å²) in [6.07, 6.45) is 4.70. The molecule has 0 bridgehead atoms. The van der Waals surface area contributed by atoms with Crippen LogP contribution in [-0.2, 0) is 9.59 Å². The monoisotopic (exact) mass is 281 g/mol. The lowest BCUT2D eigenvalue weighted by Gasteiger charge is -2.22. The van der Waals surface area contributed by atoms with Crippen LogP contribution < -0.4 is 5.32 Å². The number of carboxylic acid groups (broad SMARTS) is 1. The van der Waals surface area contributed by atoms with Gasteiger partial charge in [0.05, 0.1) is 11.8 Å². The van der Waals surface area contributed by atoms with Gasteiger partial charge in [0, 0.05) is 6.54 Å². The van der Waals surface area contributed by atoms with Crippen LogP contribution in [0, 0.1) is 29.1 Å². The molecule has 4 heteroatoms. The number of nitrogens with one attached hydrogen (secondary N) is 1. The molecule has 20 heavy (non-hydrogen) atoms. The first kappa shape index (κ1) is 15.3. The maximum Gasteiger partial charge on any atom is 0.307 e. The van der Waals surface area contributed by atoms with Crippen LogP contribution in [0.2, 0.25) is 0 Å². The van der Waals surface area contributed by atoms with Crippen molar-refractivity contribution in [1.82, 2.24) is 5.32 Å². The molecule has 0 saturated heterocycles. The Morgan fingerprint density at radius 3 is 2.30 bits per heavy atom. The van der Waals surface area contributed by atoms with E-state index in [4.69, 9.17) is 0 Å². The van der Waals surface area contributed by atoms with E-state index in [0.717, 1.165) is 12.8 Å². The summed E-state index contributed by atoms with van der Waals surface area (Å²) in [5.41, 5.74) is 0.275. The molecule has 0 aromatic rings. The minimum absolute atomic E-state index is 0.0414. The summed E-state index contributed by atoms with van der Waals surface area (Å²) in [6, 6.07) is 0. The third kappa shape index (κ3) is 2.99. The molecule has 2 saturated carbocycles. The molecule has 0 aromatic carbocycles. The Bertz CT molecular complexity index is 387. The lowest BCUT2D eigenvalue weighted by atomic mass is 9.91. The number of hydrogen-bond donors (Lipinski definition) is 2. The zero-order valence-corrected chi connectivity index (χ0v) is 12.8. The van der Waals surface area contributed by atoms with E-state index in [-0.39, 0.29) is 17.2 Å². The molecule has 0 heterocycles. The SMILES string of the molecule is CCC1C[C@H](C(=O)NCC2(C(C)C)CC2)[C@H](C(=O)O)C1. The quantitative estimate of drug-likeness (QED) is 0.786. The molecule has 0 radical (unpaired) electrons. The van der Waals surface area contributed by atoms with Gasteiger partial charge >= 0.3 is 5.97 Å². The van der Waals surface area contributed by atoms with Crippen molar-refractivity contribution in [3.05, 3.63) is 0 Å². The predicted molar refractivity (Wildman–Crippen MR) is 77.1 cm³/mol. The van der Waals surface area contributed by atoms with Crippen LogP contribution in [0.3, 0.4) is 0 Å². The van der Waals surface area contributed by atoms with Crippen LogP contribution in [-0.4, -0.2) is 23.5 Å². The van der Waals surface area contributed by atoms with Crippen molar-refractivity contribution < 1.29 is 14.7 Å². The van der Waals surface area contributed by atoms with Gasteiger partial charge in [-0.25, -0.2) is 0 Å². The fourth-order valence-corrected chi connectivity index (χ4v) is 3.55. The zero-order chi connectivity index (χ0) is 14.9. The minimum Gasteiger partial charge on any atom is -0.481 e. The van der Waals surface area contributed by atoms with Gasteiger partial charge in [-0.3, -0.25) is 9.59 Å². The first-order valence-electron chi connectivity index (χ1n) is 7.90. The Kier molecular flexibility index (Phi) is 4.40. The summed E-state index contributed by atoms with van der Waals surface area (Å²) in [5.74, 6) is -0.724. The molecular weight excluding hydrogens is 254 g/mol. The third-order valence-corrected chi connectivity index (χ3v) is 5.62. The van der Waals surface area contributed by atoms with Gasteiger partial charge in [-0.15, -0.1) is 0 Å². The maximum absolute atomic E-state index is 12.3. The maximum atomic E-state index is 12.3. The molecule has 0 aromatic heterocycles. The second-order valence-electron chi connectivity index (χ2n) is 7.03. The van der Waals surface area contributed by atoms with Crippen molar-refractivity contribution in [2.24, 2.45) is 29.1 Å². The molecule has 1 unspecified atom stereocenters. The number of aliphatic carboxylic acids is 1. The number of amides is 1. The van der Waals surface area contributed by atoms with Crippen molar-refractivity contribution in [3.8, 4) is 0 Å². The molecule has 0 aliphatic heterocycles. The van der Waals surface area contributed by atoms with Crippen LogP contribution in [0.25, 0.3) is 0 Å². The van der Waals surface area contributed by atoms with E-state index in [9.17, 15) is 14.7 Å². The third-order valence-electron chi connectivity index (χ3n) is 5.62. The largest absolute Gasteiger partial charge is 0.481 e. The summed E-state index contributed by atoms with van der Waals surface area (Å²) in [5, 5.41) is 12.3. The standard InChI is InChI=1S/C16H27NO3/c1-4-11-7-12(13(8-11)15(19)20)14(18)17-9-16(5-6-16)10(2)3/h10-13H,4-9H2,1-3H3,(H,17,18)(H,19,20)/t11?,12-,13+/m0/s1. The molecule has 2 rings (SSSR count). The van der Waals surface area contributed by atoms with Crippen LogP contribution in [0.5, 0.6) is 0 Å². The predicted octanol–water partition coefficient (Wildman–Crippen LogP) is 2.68. The Morgan fingerprint density at radius 2 is 1.85 bits per heavy atom. The number of hydrogen-bond acceptors (Lipinski definition) is 2. The first-order valence-corrected chi connectivity index (χ1v) is 7.90. The zero-order valence-electron chi connectivity index (χ0n) is 12.8. The fourth-order valence-electron chi connectivity index (χ4n) is 3.55. The van der Waals surface area contributed by atoms with Crippen molar-refractivity contribution in [3.63, 3.8) is 0 Å². The summed E-state index contributed by atoms with van der Waals surface area (Å²) in [6.45, 7) is 7.18. The van der Waals surface area contributed by atoms with E-state index in [1.165, 1.54) is 12.8 Å². The molecule has 3 atom stereocenters. The normalized spacial score (nSPS) is 31.3. The van der Waals surface area contributed by atoms with Crippen molar-refractivity contribution in [2.75, 3.05) is 6.54 Å². The molecule has 2 aliphatic carbocycles. The molecule has 2 fully saturated rings. The highest BCUT2D eigenvalue weighted by Gasteiger charge is 2.47. The van der Waals surface area contributed by atoms with Gasteiger partial charge in [-0.05, 0) is 42.9 Å². The smallest absolute Gasteiger partial charge is 0.307 e. The second-order valence-corrected chi connectivity index (χ2v) is 7.03. The topological polar surface area (TPSA) is 66.4 Å². The number of carbonyl (C=O) groups excluding carboxylic acids is 1. The molecule has 2 aliphatic rings. The van der Waals surface area contributed by atoms with Gasteiger partial charge in [0.1, 0.15) is 0 Å². The summed E-state index contributed by atoms with van der Waals surface area (Å²) < 4.78 is 0. The molecule has 0 spiro atoms. The average Bonchev–Trinajstić information content (AvgIpc) is 3.07. The number of carboxylic acids is 1. The van der Waals surface area contributed by atoms with Gasteiger partial charge < -0.3 is 10.4 Å². The van der Waals surface area contributed by atoms with Gasteiger partial charge in [-0.1, -0.05) is 27.2 Å². The van der Waals surface area contributed by atoms with Crippen LogP contribution in [0.15, 0.2) is 0 Å². The Labute approximate surface area is 121 Å². The van der Waals surface area contributed by atoms with Gasteiger partial charge in [0.15, 0.2) is 0 Å². The van der Waals surface area contributed by atoms with Gasteiger partial charge in [-0.2, -0.15) is 0 Å². The Hall–Kier alpha value is -1.06. The van der Waals surface area contributed by atoms with Gasteiger partial charge in [0.25, 0.3) is 0 Å². The van der Waals surface area contributed by atoms with E-state index in [0.29, 0.717) is 24.8 Å². The van der Waals surface area contributed by atoms with E-state index in [1.54, 1.807) is 0 Å². The van der Waals surface area contributed by atoms with E-state index in [1.807, 2.05) is 0 Å². The lowest BCUT2D eigenvalue weighted by molar-refractivity contribution is -0.146. The van der Waals surface area contributed by atoms with Crippen LogP contribution in [0.1, 0.15) is 52.9 Å². The number of carbonyl (C=O) groups is 2. The average molecular weight is 281 g/mol. The second kappa shape index (κ2) is 5.74. The van der Waals surface area contributed by atoms with E-state index >= 15 is 0 Å². The van der Waals surface area contributed by atoms with Crippen molar-refractivity contribution >= 4 is 11.9 Å². The van der Waals surface area contributed by atoms with Crippen LogP contribution >= 0.6 is 0 Å². The van der Waals surface area contributed by atoms with Crippen molar-refractivity contribution in [2.45, 2.75) is 52.9 Å². The fraction of sp³-hybridized carbons (Fsp3) is 0.875. The molecule has 114 valence electrons. The van der Waals surface area contributed by atoms with Crippen LogP contribution in [0.4, 0.5) is 0 Å². The summed E-state index contributed by atoms with van der Waals surface area (Å²) in [4.78, 5) is 23.7. The Balaban J connectivity index is 1.92. The first-order chi connectivity index (χ1) is 9.39. The van der Waals surface area contributed by atoms with Gasteiger partial charge in [0.2, 0.25) is 5.91 Å². The Morgan fingerprint density at radius 1 is 1.25 bits per heavy atom. The number of rotatable bonds is 6. The minimum atomic E-state index is -0.814. The highest BCUT2D eigenvalue weighted by atomic mass is 16.4. The summed E-state index contributed by atoms with van der Waals surface area (Å²) >= 11 is 0. The molecule has 1 amide bonds. The molecular formula is C16H27NO3. The lowest BCUT2D eigenvalue weighted by Crippen LogP contribution is -2.39.